The van der Waals surface area contributed by atoms with Crippen molar-refractivity contribution in [3.05, 3.63) is 29.3 Å². The molecule has 0 saturated heterocycles. The van der Waals surface area contributed by atoms with Crippen molar-refractivity contribution in [2.24, 2.45) is 0 Å². The molecule has 1 fully saturated rings. The van der Waals surface area contributed by atoms with Crippen LogP contribution < -0.4 is 5.32 Å². The van der Waals surface area contributed by atoms with E-state index in [0.29, 0.717) is 23.4 Å². The second kappa shape index (κ2) is 7.43. The number of esters is 1. The fourth-order valence-electron chi connectivity index (χ4n) is 2.04. The maximum atomic E-state index is 12.0. The van der Waals surface area contributed by atoms with Gasteiger partial charge in [-0.2, -0.15) is 0 Å². The average molecular weight is 311 g/mol. The Morgan fingerprint density at radius 3 is 2.52 bits per heavy atom. The number of nitrogens with zero attached hydrogens (tertiary/aromatic N) is 1. The summed E-state index contributed by atoms with van der Waals surface area (Å²) < 4.78 is 4.94. The number of nitrogens with one attached hydrogen (secondary N) is 1. The minimum atomic E-state index is -0.288. The minimum Gasteiger partial charge on any atom is -0.465 e. The van der Waals surface area contributed by atoms with Gasteiger partial charge in [-0.3, -0.25) is 14.5 Å². The molecule has 0 atom stereocenters. The molecule has 114 valence electrons. The maximum absolute atomic E-state index is 12.0. The average Bonchev–Trinajstić information content (AvgIpc) is 3.25. The summed E-state index contributed by atoms with van der Waals surface area (Å²) in [6.07, 6.45) is 2.04. The molecule has 1 aromatic carbocycles. The van der Waals surface area contributed by atoms with Crippen LogP contribution in [0.25, 0.3) is 0 Å². The number of anilines is 1. The topological polar surface area (TPSA) is 58.6 Å². The van der Waals surface area contributed by atoms with Gasteiger partial charge in [-0.15, -0.1) is 0 Å². The van der Waals surface area contributed by atoms with Gasteiger partial charge in [0.15, 0.2) is 0 Å². The standard InChI is InChI=1S/C15H19ClN2O3/c1-2-21-15(20)10-18(13-7-8-13)9-14(19)17-12-5-3-11(16)4-6-12/h3-6,13H,2,7-10H2,1H3,(H,17,19). The molecule has 0 aliphatic heterocycles. The molecule has 1 aromatic rings. The van der Waals surface area contributed by atoms with E-state index in [4.69, 9.17) is 16.3 Å². The van der Waals surface area contributed by atoms with Gasteiger partial charge in [-0.1, -0.05) is 11.6 Å². The van der Waals surface area contributed by atoms with Crippen molar-refractivity contribution in [2.75, 3.05) is 25.0 Å². The van der Waals surface area contributed by atoms with Gasteiger partial charge < -0.3 is 10.1 Å². The molecule has 0 spiro atoms. The van der Waals surface area contributed by atoms with Crippen molar-refractivity contribution in [3.63, 3.8) is 0 Å². The first-order chi connectivity index (χ1) is 10.1. The van der Waals surface area contributed by atoms with Gasteiger partial charge in [0.05, 0.1) is 19.7 Å². The van der Waals surface area contributed by atoms with Crippen LogP contribution in [0.3, 0.4) is 0 Å². The molecule has 0 unspecified atom stereocenters. The Balaban J connectivity index is 1.86. The molecule has 1 aliphatic carbocycles. The zero-order valence-corrected chi connectivity index (χ0v) is 12.7. The van der Waals surface area contributed by atoms with Crippen LogP contribution in [-0.2, 0) is 14.3 Å². The van der Waals surface area contributed by atoms with Crippen molar-refractivity contribution >= 4 is 29.2 Å². The largest absolute Gasteiger partial charge is 0.465 e. The summed E-state index contributed by atoms with van der Waals surface area (Å²) in [6, 6.07) is 7.23. The van der Waals surface area contributed by atoms with E-state index in [1.807, 2.05) is 4.90 Å². The van der Waals surface area contributed by atoms with Crippen LogP contribution in [0.4, 0.5) is 5.69 Å². The third-order valence-corrected chi connectivity index (χ3v) is 3.43. The van der Waals surface area contributed by atoms with E-state index in [1.54, 1.807) is 31.2 Å². The van der Waals surface area contributed by atoms with Gasteiger partial charge in [0.2, 0.25) is 5.91 Å². The van der Waals surface area contributed by atoms with Crippen LogP contribution in [0.5, 0.6) is 0 Å². The van der Waals surface area contributed by atoms with Crippen LogP contribution in [-0.4, -0.2) is 42.5 Å². The first-order valence-corrected chi connectivity index (χ1v) is 7.41. The molecule has 0 bridgehead atoms. The molecule has 1 aliphatic rings. The molecule has 1 saturated carbocycles. The normalized spacial score (nSPS) is 14.0. The van der Waals surface area contributed by atoms with Gasteiger partial charge in [-0.05, 0) is 44.0 Å². The monoisotopic (exact) mass is 310 g/mol. The Labute approximate surface area is 129 Å². The Kier molecular flexibility index (Phi) is 5.59. The highest BCUT2D eigenvalue weighted by Crippen LogP contribution is 2.26. The lowest BCUT2D eigenvalue weighted by Gasteiger charge is -2.20. The predicted molar refractivity (Wildman–Crippen MR) is 81.3 cm³/mol. The van der Waals surface area contributed by atoms with Crippen LogP contribution in [0.2, 0.25) is 5.02 Å². The molecular formula is C15H19ClN2O3. The van der Waals surface area contributed by atoms with Crippen molar-refractivity contribution < 1.29 is 14.3 Å². The van der Waals surface area contributed by atoms with E-state index in [9.17, 15) is 9.59 Å². The van der Waals surface area contributed by atoms with Gasteiger partial charge in [0.1, 0.15) is 0 Å². The molecule has 21 heavy (non-hydrogen) atoms. The molecule has 5 nitrogen and oxygen atoms in total. The zero-order chi connectivity index (χ0) is 15.2. The molecule has 2 rings (SSSR count). The number of benzene rings is 1. The van der Waals surface area contributed by atoms with Crippen molar-refractivity contribution in [1.29, 1.82) is 0 Å². The quantitative estimate of drug-likeness (QED) is 0.785. The lowest BCUT2D eigenvalue weighted by molar-refractivity contribution is -0.144. The number of ether oxygens (including phenoxy) is 1. The summed E-state index contributed by atoms with van der Waals surface area (Å²) in [7, 11) is 0. The summed E-state index contributed by atoms with van der Waals surface area (Å²) in [6.45, 7) is 2.47. The van der Waals surface area contributed by atoms with Crippen LogP contribution in [0, 0.1) is 0 Å². The third kappa shape index (κ3) is 5.36. The fourth-order valence-corrected chi connectivity index (χ4v) is 2.17. The predicted octanol–water partition coefficient (Wildman–Crippen LogP) is 2.31. The van der Waals surface area contributed by atoms with Crippen LogP contribution in [0.1, 0.15) is 19.8 Å². The van der Waals surface area contributed by atoms with E-state index >= 15 is 0 Å². The van der Waals surface area contributed by atoms with E-state index in [0.717, 1.165) is 12.8 Å². The van der Waals surface area contributed by atoms with Gasteiger partial charge in [0.25, 0.3) is 0 Å². The minimum absolute atomic E-state index is 0.145. The van der Waals surface area contributed by atoms with E-state index < -0.39 is 0 Å². The zero-order valence-electron chi connectivity index (χ0n) is 12.0. The van der Waals surface area contributed by atoms with Crippen molar-refractivity contribution in [3.8, 4) is 0 Å². The first kappa shape index (κ1) is 15.8. The fraction of sp³-hybridized carbons (Fsp3) is 0.467. The van der Waals surface area contributed by atoms with Crippen molar-refractivity contribution in [1.82, 2.24) is 4.90 Å². The summed E-state index contributed by atoms with van der Waals surface area (Å²) in [5, 5.41) is 3.42. The lowest BCUT2D eigenvalue weighted by atomic mass is 10.3. The summed E-state index contributed by atoms with van der Waals surface area (Å²) in [4.78, 5) is 25.5. The van der Waals surface area contributed by atoms with Crippen LogP contribution in [0.15, 0.2) is 24.3 Å². The molecule has 6 heteroatoms. The van der Waals surface area contributed by atoms with E-state index in [1.165, 1.54) is 0 Å². The number of amides is 1. The van der Waals surface area contributed by atoms with Crippen LogP contribution >= 0.6 is 11.6 Å². The summed E-state index contributed by atoms with van der Waals surface area (Å²) in [5.74, 6) is -0.433. The number of carbonyl (C=O) groups excluding carboxylic acids is 2. The summed E-state index contributed by atoms with van der Waals surface area (Å²) >= 11 is 5.80. The first-order valence-electron chi connectivity index (χ1n) is 7.03. The second-order valence-corrected chi connectivity index (χ2v) is 5.43. The molecule has 1 amide bonds. The van der Waals surface area contributed by atoms with E-state index in [-0.39, 0.29) is 25.0 Å². The molecule has 1 N–H and O–H groups in total. The lowest BCUT2D eigenvalue weighted by Crippen LogP contribution is -2.39. The van der Waals surface area contributed by atoms with Crippen molar-refractivity contribution in [2.45, 2.75) is 25.8 Å². The molecule has 0 radical (unpaired) electrons. The molecule has 0 heterocycles. The third-order valence-electron chi connectivity index (χ3n) is 3.18. The van der Waals surface area contributed by atoms with Gasteiger partial charge in [0, 0.05) is 16.8 Å². The highest BCUT2D eigenvalue weighted by Gasteiger charge is 2.31. The molecule has 0 aromatic heterocycles. The smallest absolute Gasteiger partial charge is 0.320 e. The highest BCUT2D eigenvalue weighted by atomic mass is 35.5. The number of carbonyl (C=O) groups is 2. The second-order valence-electron chi connectivity index (χ2n) is 5.00. The Morgan fingerprint density at radius 2 is 1.95 bits per heavy atom. The number of rotatable bonds is 7. The highest BCUT2D eigenvalue weighted by molar-refractivity contribution is 6.30. The Morgan fingerprint density at radius 1 is 1.29 bits per heavy atom. The molecular weight excluding hydrogens is 292 g/mol. The van der Waals surface area contributed by atoms with Gasteiger partial charge in [-0.25, -0.2) is 0 Å². The maximum Gasteiger partial charge on any atom is 0.320 e. The van der Waals surface area contributed by atoms with E-state index in [2.05, 4.69) is 5.32 Å². The number of hydrogen-bond donors (Lipinski definition) is 1. The van der Waals surface area contributed by atoms with Gasteiger partial charge >= 0.3 is 5.97 Å². The Hall–Kier alpha value is -1.59. The summed E-state index contributed by atoms with van der Waals surface area (Å²) in [5.41, 5.74) is 0.691. The number of halogens is 1. The SMILES string of the molecule is CCOC(=O)CN(CC(=O)Nc1ccc(Cl)cc1)C1CC1. The number of hydrogen-bond acceptors (Lipinski definition) is 4. The Bertz CT molecular complexity index is 500.